The monoisotopic (exact) mass is 498 g/mol. The molecule has 190 valence electrons. The van der Waals surface area contributed by atoms with Crippen LogP contribution in [0, 0.1) is 23.6 Å². The Labute approximate surface area is 206 Å². The highest BCUT2D eigenvalue weighted by Gasteiger charge is 2.51. The Morgan fingerprint density at radius 1 is 1.11 bits per heavy atom. The molecule has 4 atom stereocenters. The van der Waals surface area contributed by atoms with Crippen LogP contribution in [0.2, 0.25) is 0 Å². The molecular formula is C26H27FN2O7. The van der Waals surface area contributed by atoms with Crippen molar-refractivity contribution >= 4 is 17.5 Å². The minimum absolute atomic E-state index is 0.0360. The quantitative estimate of drug-likeness (QED) is 0.463. The van der Waals surface area contributed by atoms with Gasteiger partial charge in [0, 0.05) is 54.9 Å². The number of nitrogens with zero attached hydrogens (tertiary/aromatic N) is 1. The lowest BCUT2D eigenvalue weighted by Crippen LogP contribution is -2.43. The number of Topliss-reactive ketones (excluding diaryl/α,β-unsaturated/α-hetero) is 2. The summed E-state index contributed by atoms with van der Waals surface area (Å²) < 4.78 is 21.5. The number of halogens is 1. The molecule has 0 saturated carbocycles. The van der Waals surface area contributed by atoms with E-state index in [2.05, 4.69) is 0 Å². The van der Waals surface area contributed by atoms with Crippen LogP contribution in [0.5, 0.6) is 5.75 Å². The number of nitrogens with two attached hydrogens (primary N) is 1. The van der Waals surface area contributed by atoms with Crippen LogP contribution >= 0.6 is 0 Å². The number of ether oxygens (including phenoxy) is 1. The number of hydrogen-bond donors (Lipinski definition) is 4. The normalized spacial score (nSPS) is 29.8. The van der Waals surface area contributed by atoms with Gasteiger partial charge in [-0.2, -0.15) is 0 Å². The number of benzene rings is 1. The van der Waals surface area contributed by atoms with Gasteiger partial charge in [0.1, 0.15) is 28.7 Å². The fourth-order valence-corrected chi connectivity index (χ4v) is 6.88. The number of carbonyl (C=O) groups is 3. The maximum absolute atomic E-state index is 15.8. The summed E-state index contributed by atoms with van der Waals surface area (Å²) in [4.78, 5) is 40.3. The second kappa shape index (κ2) is 8.14. The molecular weight excluding hydrogens is 471 g/mol. The molecule has 6 rings (SSSR count). The number of allylic oxidation sites excluding steroid dienone is 3. The predicted octanol–water partition coefficient (Wildman–Crippen LogP) is 2.10. The van der Waals surface area contributed by atoms with Crippen molar-refractivity contribution in [3.8, 4) is 5.75 Å². The van der Waals surface area contributed by atoms with E-state index in [1.807, 2.05) is 4.90 Å². The maximum Gasteiger partial charge on any atom is 0.255 e. The van der Waals surface area contributed by atoms with E-state index in [4.69, 9.17) is 10.5 Å². The number of aliphatic hydroxyl groups excluding tert-OH is 2. The highest BCUT2D eigenvalue weighted by molar-refractivity contribution is 6.22. The van der Waals surface area contributed by atoms with Crippen molar-refractivity contribution in [3.63, 3.8) is 0 Å². The van der Waals surface area contributed by atoms with Gasteiger partial charge in [0.15, 0.2) is 11.6 Å². The van der Waals surface area contributed by atoms with Crippen LogP contribution in [0.3, 0.4) is 0 Å². The molecule has 2 heterocycles. The zero-order valence-corrected chi connectivity index (χ0v) is 19.6. The number of hydrogen-bond acceptors (Lipinski definition) is 8. The lowest BCUT2D eigenvalue weighted by molar-refractivity contribution is -0.126. The van der Waals surface area contributed by atoms with Crippen LogP contribution in [-0.4, -0.2) is 56.9 Å². The summed E-state index contributed by atoms with van der Waals surface area (Å²) in [5, 5.41) is 32.5. The largest absolute Gasteiger partial charge is 0.511 e. The molecule has 3 aliphatic carbocycles. The maximum atomic E-state index is 15.8. The zero-order chi connectivity index (χ0) is 25.5. The van der Waals surface area contributed by atoms with Crippen LogP contribution in [0.1, 0.15) is 52.7 Å². The first-order valence-corrected chi connectivity index (χ1v) is 12.3. The predicted molar refractivity (Wildman–Crippen MR) is 122 cm³/mol. The molecule has 36 heavy (non-hydrogen) atoms. The smallest absolute Gasteiger partial charge is 0.255 e. The number of aromatic hydroxyl groups is 1. The SMILES string of the molecule is NC(=O)C1=C(O)CC2CC3Cc4c(F)c5c(c(O)c4C(=O)C3=C(O)C2C1=O)CN(C[C@@H]1CCCO1)C5. The molecule has 1 saturated heterocycles. The van der Waals surface area contributed by atoms with Crippen molar-refractivity contribution in [2.45, 2.75) is 51.3 Å². The van der Waals surface area contributed by atoms with E-state index in [-0.39, 0.29) is 54.4 Å². The number of fused-ring (bicyclic) bond motifs is 4. The Hall–Kier alpha value is -3.24. The first kappa shape index (κ1) is 23.2. The van der Waals surface area contributed by atoms with E-state index in [1.54, 1.807) is 0 Å². The number of aliphatic hydroxyl groups is 2. The molecule has 3 unspecified atom stereocenters. The molecule has 2 aliphatic heterocycles. The van der Waals surface area contributed by atoms with Gasteiger partial charge in [-0.1, -0.05) is 0 Å². The molecule has 0 radical (unpaired) electrons. The summed E-state index contributed by atoms with van der Waals surface area (Å²) in [6.45, 7) is 1.89. The highest BCUT2D eigenvalue weighted by Crippen LogP contribution is 2.51. The molecule has 1 amide bonds. The fourth-order valence-electron chi connectivity index (χ4n) is 6.88. The average molecular weight is 499 g/mol. The van der Waals surface area contributed by atoms with E-state index in [1.165, 1.54) is 0 Å². The number of phenolic OH excluding ortho intramolecular Hbond substituents is 1. The van der Waals surface area contributed by atoms with Gasteiger partial charge < -0.3 is 25.8 Å². The molecule has 0 bridgehead atoms. The highest BCUT2D eigenvalue weighted by atomic mass is 19.1. The van der Waals surface area contributed by atoms with E-state index in [0.29, 0.717) is 30.8 Å². The lowest BCUT2D eigenvalue weighted by Gasteiger charge is -2.40. The summed E-state index contributed by atoms with van der Waals surface area (Å²) >= 11 is 0. The van der Waals surface area contributed by atoms with Crippen LogP contribution in [0.15, 0.2) is 22.7 Å². The number of phenols is 1. The number of ketones is 2. The number of carbonyl (C=O) groups excluding carboxylic acids is 3. The van der Waals surface area contributed by atoms with E-state index in [0.717, 1.165) is 12.8 Å². The van der Waals surface area contributed by atoms with Gasteiger partial charge in [-0.25, -0.2) is 4.39 Å². The third kappa shape index (κ3) is 3.24. The standard InChI is InChI=1S/C26H27FN2O7/c27-21-13-5-10-4-11-6-16(30)20(26(28)35)25(34)18(11)23(32)17(10)24(33)19(13)22(31)15-9-29(8-14(15)21)7-12-2-1-3-36-12/h10-12,18,30-32H,1-9H2,(H2,28,35)/t10?,11?,12-,18?/m0/s1. The molecule has 10 heteroatoms. The van der Waals surface area contributed by atoms with Crippen LogP contribution in [0.4, 0.5) is 4.39 Å². The van der Waals surface area contributed by atoms with E-state index in [9.17, 15) is 29.7 Å². The number of amides is 1. The topological polar surface area (TPSA) is 150 Å². The van der Waals surface area contributed by atoms with Gasteiger partial charge >= 0.3 is 0 Å². The summed E-state index contributed by atoms with van der Waals surface area (Å²) in [5.41, 5.74) is 5.35. The van der Waals surface area contributed by atoms with Crippen molar-refractivity contribution < 1.29 is 38.8 Å². The Bertz CT molecular complexity index is 1290. The van der Waals surface area contributed by atoms with E-state index < -0.39 is 58.1 Å². The fraction of sp³-hybridized carbons (Fsp3) is 0.500. The third-order valence-corrected chi connectivity index (χ3v) is 8.45. The third-order valence-electron chi connectivity index (χ3n) is 8.45. The van der Waals surface area contributed by atoms with Crippen LogP contribution in [0.25, 0.3) is 0 Å². The summed E-state index contributed by atoms with van der Waals surface area (Å²) in [6.07, 6.45) is 2.21. The Morgan fingerprint density at radius 2 is 1.86 bits per heavy atom. The Morgan fingerprint density at radius 3 is 2.56 bits per heavy atom. The Kier molecular flexibility index (Phi) is 5.24. The number of rotatable bonds is 3. The van der Waals surface area contributed by atoms with Gasteiger partial charge in [0.2, 0.25) is 0 Å². The first-order chi connectivity index (χ1) is 17.2. The molecule has 1 aromatic rings. The second-order valence-electron chi connectivity index (χ2n) is 10.5. The molecule has 1 aromatic carbocycles. The van der Waals surface area contributed by atoms with Crippen LogP contribution in [-0.2, 0) is 33.8 Å². The zero-order valence-electron chi connectivity index (χ0n) is 19.6. The van der Waals surface area contributed by atoms with Gasteiger partial charge in [0.25, 0.3) is 5.91 Å². The molecule has 5 N–H and O–H groups in total. The summed E-state index contributed by atoms with van der Waals surface area (Å²) in [7, 11) is 0. The molecule has 0 spiro atoms. The van der Waals surface area contributed by atoms with Crippen molar-refractivity contribution in [1.29, 1.82) is 0 Å². The van der Waals surface area contributed by atoms with Crippen molar-refractivity contribution in [2.24, 2.45) is 23.5 Å². The van der Waals surface area contributed by atoms with E-state index >= 15 is 4.39 Å². The van der Waals surface area contributed by atoms with Gasteiger partial charge in [-0.05, 0) is 37.5 Å². The van der Waals surface area contributed by atoms with Gasteiger partial charge in [-0.3, -0.25) is 19.3 Å². The second-order valence-corrected chi connectivity index (χ2v) is 10.5. The number of primary amides is 1. The molecule has 0 aromatic heterocycles. The minimum Gasteiger partial charge on any atom is -0.511 e. The Balaban J connectivity index is 1.38. The summed E-state index contributed by atoms with van der Waals surface area (Å²) in [6, 6.07) is 0. The minimum atomic E-state index is -1.19. The molecule has 5 aliphatic rings. The summed E-state index contributed by atoms with van der Waals surface area (Å²) in [5.74, 6) is -6.68. The first-order valence-electron chi connectivity index (χ1n) is 12.3. The van der Waals surface area contributed by atoms with Crippen molar-refractivity contribution in [3.05, 3.63) is 50.7 Å². The molecule has 1 fully saturated rings. The van der Waals surface area contributed by atoms with Gasteiger partial charge in [-0.15, -0.1) is 0 Å². The lowest BCUT2D eigenvalue weighted by atomic mass is 9.62. The van der Waals surface area contributed by atoms with Crippen molar-refractivity contribution in [1.82, 2.24) is 4.90 Å². The molecule has 9 nitrogen and oxygen atoms in total. The van der Waals surface area contributed by atoms with Gasteiger partial charge in [0.05, 0.1) is 17.6 Å². The van der Waals surface area contributed by atoms with Crippen molar-refractivity contribution in [2.75, 3.05) is 13.2 Å². The van der Waals surface area contributed by atoms with Crippen LogP contribution < -0.4 is 5.73 Å². The average Bonchev–Trinajstić information content (AvgIpc) is 3.47.